The summed E-state index contributed by atoms with van der Waals surface area (Å²) in [4.78, 5) is 8.54. The Labute approximate surface area is 196 Å². The van der Waals surface area contributed by atoms with Crippen molar-refractivity contribution < 1.29 is 0 Å². The van der Waals surface area contributed by atoms with Gasteiger partial charge in [0.2, 0.25) is 0 Å². The summed E-state index contributed by atoms with van der Waals surface area (Å²) in [6, 6.07) is 25.8. The Balaban J connectivity index is 1.84. The monoisotopic (exact) mass is 438 g/mol. The van der Waals surface area contributed by atoms with Crippen LogP contribution in [0.1, 0.15) is 11.1 Å². The number of hydrogen-bond donors (Lipinski definition) is 0. The van der Waals surface area contributed by atoms with Gasteiger partial charge in [-0.1, -0.05) is 36.4 Å². The Kier molecular flexibility index (Phi) is 3.94. The maximum Gasteiger partial charge on any atom is 0.0644 e. The van der Waals surface area contributed by atoms with Gasteiger partial charge in [0, 0.05) is 57.7 Å². The molecule has 162 valence electrons. The van der Waals surface area contributed by atoms with E-state index in [9.17, 15) is 0 Å². The van der Waals surface area contributed by atoms with E-state index in [2.05, 4.69) is 106 Å². The Morgan fingerprint density at radius 1 is 0.500 bits per heavy atom. The summed E-state index contributed by atoms with van der Waals surface area (Å²) in [6.45, 7) is 4.52. The fraction of sp³-hybridized carbons (Fsp3) is 0.0667. The highest BCUT2D eigenvalue weighted by Crippen LogP contribution is 2.45. The summed E-state index contributed by atoms with van der Waals surface area (Å²) in [5, 5.41) is 5.12. The first-order valence-electron chi connectivity index (χ1n) is 11.5. The summed E-state index contributed by atoms with van der Waals surface area (Å²) in [7, 11) is 0. The molecule has 4 heterocycles. The van der Waals surface area contributed by atoms with Crippen molar-refractivity contribution in [1.82, 2.24) is 19.1 Å². The lowest BCUT2D eigenvalue weighted by Crippen LogP contribution is -1.98. The maximum atomic E-state index is 4.28. The zero-order chi connectivity index (χ0) is 22.8. The van der Waals surface area contributed by atoms with E-state index in [4.69, 9.17) is 0 Å². The number of para-hydroxylation sites is 2. The van der Waals surface area contributed by atoms with Crippen LogP contribution in [0.2, 0.25) is 0 Å². The van der Waals surface area contributed by atoms with Gasteiger partial charge in [-0.15, -0.1) is 0 Å². The van der Waals surface area contributed by atoms with E-state index < -0.39 is 0 Å². The molecule has 4 aromatic heterocycles. The number of nitrogens with zero attached hydrogens (tertiary/aromatic N) is 4. The van der Waals surface area contributed by atoms with Crippen LogP contribution in [0.25, 0.3) is 55.0 Å². The third-order valence-electron chi connectivity index (χ3n) is 7.12. The Morgan fingerprint density at radius 2 is 0.971 bits per heavy atom. The van der Waals surface area contributed by atoms with Crippen molar-refractivity contribution in [1.29, 1.82) is 0 Å². The van der Waals surface area contributed by atoms with Crippen molar-refractivity contribution in [2.24, 2.45) is 0 Å². The van der Waals surface area contributed by atoms with E-state index in [-0.39, 0.29) is 0 Å². The average molecular weight is 439 g/mol. The van der Waals surface area contributed by atoms with Gasteiger partial charge < -0.3 is 9.13 Å². The number of fused-ring (bicyclic) bond motifs is 7. The predicted octanol–water partition coefficient (Wildman–Crippen LogP) is 7.29. The minimum absolute atomic E-state index is 1.12. The molecule has 4 heteroatoms. The van der Waals surface area contributed by atoms with Crippen molar-refractivity contribution >= 4 is 43.6 Å². The summed E-state index contributed by atoms with van der Waals surface area (Å²) < 4.78 is 4.80. The molecule has 0 unspecified atom stereocenters. The SMILES string of the molecule is Cc1c(C)c2c(c3ccccc3n2-c2ccncc2)c2c1c1ccccc1n2-c1ccncc1. The fourth-order valence-corrected chi connectivity index (χ4v) is 5.58. The first-order valence-corrected chi connectivity index (χ1v) is 11.5. The molecule has 34 heavy (non-hydrogen) atoms. The molecule has 7 rings (SSSR count). The Hall–Kier alpha value is -4.44. The first-order chi connectivity index (χ1) is 16.8. The van der Waals surface area contributed by atoms with Crippen LogP contribution in [0.5, 0.6) is 0 Å². The van der Waals surface area contributed by atoms with Crippen LogP contribution in [0.3, 0.4) is 0 Å². The molecule has 0 N–H and O–H groups in total. The number of aromatic nitrogens is 4. The van der Waals surface area contributed by atoms with Crippen LogP contribution < -0.4 is 0 Å². The van der Waals surface area contributed by atoms with Gasteiger partial charge in [0.25, 0.3) is 0 Å². The van der Waals surface area contributed by atoms with E-state index in [1.807, 2.05) is 24.8 Å². The standard InChI is InChI=1S/C30H22N4/c1-19-20(2)29-28(24-8-4-6-10-26(24)33(29)21-11-15-31-16-12-21)30-27(19)23-7-3-5-9-25(23)34(30)22-13-17-32-18-14-22/h3-18H,1-2H3. The molecule has 0 amide bonds. The second kappa shape index (κ2) is 7.03. The highest BCUT2D eigenvalue weighted by molar-refractivity contribution is 6.28. The summed E-state index contributed by atoms with van der Waals surface area (Å²) in [6.07, 6.45) is 7.47. The Bertz CT molecular complexity index is 1860. The largest absolute Gasteiger partial charge is 0.309 e. The molecule has 0 aliphatic carbocycles. The smallest absolute Gasteiger partial charge is 0.0644 e. The van der Waals surface area contributed by atoms with Crippen molar-refractivity contribution in [3.63, 3.8) is 0 Å². The van der Waals surface area contributed by atoms with E-state index in [0.717, 1.165) is 11.4 Å². The third-order valence-corrected chi connectivity index (χ3v) is 7.12. The van der Waals surface area contributed by atoms with Crippen LogP contribution in [0.4, 0.5) is 0 Å². The quantitative estimate of drug-likeness (QED) is 0.284. The van der Waals surface area contributed by atoms with Gasteiger partial charge in [0.1, 0.15) is 0 Å². The maximum absolute atomic E-state index is 4.28. The zero-order valence-electron chi connectivity index (χ0n) is 19.0. The molecular weight excluding hydrogens is 416 g/mol. The third kappa shape index (κ3) is 2.42. The zero-order valence-corrected chi connectivity index (χ0v) is 19.0. The van der Waals surface area contributed by atoms with Crippen LogP contribution in [-0.2, 0) is 0 Å². The normalized spacial score (nSPS) is 11.8. The van der Waals surface area contributed by atoms with E-state index in [1.54, 1.807) is 0 Å². The van der Waals surface area contributed by atoms with E-state index in [1.165, 1.54) is 54.7 Å². The number of rotatable bonds is 2. The number of aryl methyl sites for hydroxylation is 2. The van der Waals surface area contributed by atoms with Crippen LogP contribution in [0.15, 0.2) is 97.6 Å². The van der Waals surface area contributed by atoms with E-state index in [0.29, 0.717) is 0 Å². The molecule has 0 fully saturated rings. The highest BCUT2D eigenvalue weighted by atomic mass is 15.0. The van der Waals surface area contributed by atoms with Gasteiger partial charge in [-0.2, -0.15) is 0 Å². The number of pyridine rings is 2. The van der Waals surface area contributed by atoms with Gasteiger partial charge in [0.15, 0.2) is 0 Å². The molecule has 0 bridgehead atoms. The molecule has 0 aliphatic heterocycles. The molecule has 0 spiro atoms. The summed E-state index contributed by atoms with van der Waals surface area (Å²) in [5.41, 5.74) is 9.74. The van der Waals surface area contributed by atoms with E-state index >= 15 is 0 Å². The molecule has 0 radical (unpaired) electrons. The average Bonchev–Trinajstić information content (AvgIpc) is 3.42. The van der Waals surface area contributed by atoms with Crippen LogP contribution in [-0.4, -0.2) is 19.1 Å². The molecule has 3 aromatic carbocycles. The number of benzene rings is 3. The lowest BCUT2D eigenvalue weighted by atomic mass is 9.98. The van der Waals surface area contributed by atoms with Crippen molar-refractivity contribution in [2.75, 3.05) is 0 Å². The van der Waals surface area contributed by atoms with Gasteiger partial charge in [-0.05, 0) is 61.4 Å². The molecule has 7 aromatic rings. The minimum atomic E-state index is 1.12. The summed E-state index contributed by atoms with van der Waals surface area (Å²) >= 11 is 0. The molecule has 0 atom stereocenters. The second-order valence-electron chi connectivity index (χ2n) is 8.81. The van der Waals surface area contributed by atoms with Gasteiger partial charge in [-0.3, -0.25) is 9.97 Å². The van der Waals surface area contributed by atoms with Gasteiger partial charge in [-0.25, -0.2) is 0 Å². The molecule has 4 nitrogen and oxygen atoms in total. The molecule has 0 saturated carbocycles. The fourth-order valence-electron chi connectivity index (χ4n) is 5.58. The highest BCUT2D eigenvalue weighted by Gasteiger charge is 2.24. The lowest BCUT2D eigenvalue weighted by molar-refractivity contribution is 1.14. The molecule has 0 aliphatic rings. The summed E-state index contributed by atoms with van der Waals surface area (Å²) in [5.74, 6) is 0. The predicted molar refractivity (Wildman–Crippen MR) is 140 cm³/mol. The second-order valence-corrected chi connectivity index (χ2v) is 8.81. The van der Waals surface area contributed by atoms with Crippen molar-refractivity contribution in [3.8, 4) is 11.4 Å². The van der Waals surface area contributed by atoms with Crippen molar-refractivity contribution in [2.45, 2.75) is 13.8 Å². The van der Waals surface area contributed by atoms with Crippen LogP contribution >= 0.6 is 0 Å². The van der Waals surface area contributed by atoms with Crippen LogP contribution in [0, 0.1) is 13.8 Å². The topological polar surface area (TPSA) is 35.6 Å². The lowest BCUT2D eigenvalue weighted by Gasteiger charge is -2.14. The first kappa shape index (κ1) is 19.1. The van der Waals surface area contributed by atoms with Gasteiger partial charge in [0.05, 0.1) is 22.1 Å². The van der Waals surface area contributed by atoms with Crippen molar-refractivity contribution in [3.05, 3.63) is 109 Å². The number of hydrogen-bond acceptors (Lipinski definition) is 2. The molecular formula is C30H22N4. The van der Waals surface area contributed by atoms with Gasteiger partial charge >= 0.3 is 0 Å². The molecule has 0 saturated heterocycles. The Morgan fingerprint density at radius 3 is 1.53 bits per heavy atom. The minimum Gasteiger partial charge on any atom is -0.309 e.